The van der Waals surface area contributed by atoms with Crippen molar-refractivity contribution in [3.8, 4) is 0 Å². The van der Waals surface area contributed by atoms with Crippen molar-refractivity contribution in [1.29, 1.82) is 0 Å². The van der Waals surface area contributed by atoms with Crippen LogP contribution in [0.25, 0.3) is 0 Å². The van der Waals surface area contributed by atoms with Gasteiger partial charge in [-0.3, -0.25) is 10.3 Å². The molecule has 90 valence electrons. The van der Waals surface area contributed by atoms with Crippen LogP contribution in [0.3, 0.4) is 0 Å². The maximum Gasteiger partial charge on any atom is 0.219 e. The normalized spacial score (nSPS) is 26.9. The molecule has 0 bridgehead atoms. The molecule has 1 saturated heterocycles. The SMILES string of the molecule is CC1CCN(Cc2nnc(NN)s2)C(C)C1. The molecule has 2 rings (SSSR count). The van der Waals surface area contributed by atoms with Crippen LogP contribution in [0.2, 0.25) is 0 Å². The highest BCUT2D eigenvalue weighted by molar-refractivity contribution is 7.15. The molecular weight excluding hydrogens is 222 g/mol. The molecular formula is C10H19N5S. The number of piperidine rings is 1. The molecule has 1 aliphatic heterocycles. The number of rotatable bonds is 3. The van der Waals surface area contributed by atoms with Crippen LogP contribution < -0.4 is 11.3 Å². The third-order valence-electron chi connectivity index (χ3n) is 3.20. The lowest BCUT2D eigenvalue weighted by molar-refractivity contribution is 0.122. The van der Waals surface area contributed by atoms with Gasteiger partial charge in [0.15, 0.2) is 0 Å². The van der Waals surface area contributed by atoms with Crippen LogP contribution in [0.15, 0.2) is 0 Å². The van der Waals surface area contributed by atoms with E-state index in [1.807, 2.05) is 0 Å². The van der Waals surface area contributed by atoms with Gasteiger partial charge >= 0.3 is 0 Å². The van der Waals surface area contributed by atoms with Gasteiger partial charge in [0.05, 0.1) is 6.54 Å². The molecule has 6 heteroatoms. The van der Waals surface area contributed by atoms with Gasteiger partial charge in [-0.25, -0.2) is 5.84 Å². The van der Waals surface area contributed by atoms with Crippen molar-refractivity contribution in [1.82, 2.24) is 15.1 Å². The summed E-state index contributed by atoms with van der Waals surface area (Å²) in [7, 11) is 0. The summed E-state index contributed by atoms with van der Waals surface area (Å²) < 4.78 is 0. The Kier molecular flexibility index (Phi) is 3.73. The third kappa shape index (κ3) is 2.69. The highest BCUT2D eigenvalue weighted by Crippen LogP contribution is 2.25. The van der Waals surface area contributed by atoms with Gasteiger partial charge in [0.2, 0.25) is 5.13 Å². The van der Waals surface area contributed by atoms with Gasteiger partial charge in [-0.1, -0.05) is 18.3 Å². The van der Waals surface area contributed by atoms with Crippen molar-refractivity contribution in [2.45, 2.75) is 39.3 Å². The Bertz CT molecular complexity index is 340. The summed E-state index contributed by atoms with van der Waals surface area (Å²) in [5.74, 6) is 6.14. The highest BCUT2D eigenvalue weighted by Gasteiger charge is 2.23. The van der Waals surface area contributed by atoms with Crippen molar-refractivity contribution in [2.24, 2.45) is 11.8 Å². The summed E-state index contributed by atoms with van der Waals surface area (Å²) in [6.07, 6.45) is 2.56. The maximum absolute atomic E-state index is 5.29. The molecule has 5 nitrogen and oxygen atoms in total. The second kappa shape index (κ2) is 5.07. The Labute approximate surface area is 100 Å². The zero-order chi connectivity index (χ0) is 11.5. The summed E-state index contributed by atoms with van der Waals surface area (Å²) in [4.78, 5) is 2.47. The lowest BCUT2D eigenvalue weighted by Crippen LogP contribution is -2.39. The second-order valence-corrected chi connectivity index (χ2v) is 5.66. The van der Waals surface area contributed by atoms with Crippen molar-refractivity contribution >= 4 is 16.5 Å². The van der Waals surface area contributed by atoms with E-state index in [0.29, 0.717) is 11.2 Å². The largest absolute Gasteiger partial charge is 0.298 e. The number of nitrogens with two attached hydrogens (primary N) is 1. The van der Waals surface area contributed by atoms with Gasteiger partial charge in [-0.2, -0.15) is 0 Å². The number of hydrogen-bond donors (Lipinski definition) is 2. The first kappa shape index (κ1) is 11.8. The van der Waals surface area contributed by atoms with E-state index in [1.165, 1.54) is 24.2 Å². The van der Waals surface area contributed by atoms with E-state index in [1.54, 1.807) is 0 Å². The average Bonchev–Trinajstić information content (AvgIpc) is 2.70. The van der Waals surface area contributed by atoms with Crippen molar-refractivity contribution in [2.75, 3.05) is 12.0 Å². The topological polar surface area (TPSA) is 67.1 Å². The number of likely N-dealkylation sites (tertiary alicyclic amines) is 1. The van der Waals surface area contributed by atoms with Gasteiger partial charge in [0.25, 0.3) is 0 Å². The fourth-order valence-electron chi connectivity index (χ4n) is 2.24. The Balaban J connectivity index is 1.93. The molecule has 0 amide bonds. The molecule has 16 heavy (non-hydrogen) atoms. The first-order chi connectivity index (χ1) is 7.69. The third-order valence-corrected chi connectivity index (χ3v) is 4.04. The van der Waals surface area contributed by atoms with Gasteiger partial charge < -0.3 is 0 Å². The van der Waals surface area contributed by atoms with E-state index in [-0.39, 0.29) is 0 Å². The molecule has 0 radical (unpaired) electrons. The van der Waals surface area contributed by atoms with Gasteiger partial charge in [-0.15, -0.1) is 10.2 Å². The van der Waals surface area contributed by atoms with Crippen LogP contribution in [-0.2, 0) is 6.54 Å². The van der Waals surface area contributed by atoms with Crippen LogP contribution in [0.5, 0.6) is 0 Å². The molecule has 0 saturated carbocycles. The summed E-state index contributed by atoms with van der Waals surface area (Å²) in [6.45, 7) is 6.68. The van der Waals surface area contributed by atoms with Crippen LogP contribution in [0.4, 0.5) is 5.13 Å². The van der Waals surface area contributed by atoms with E-state index in [9.17, 15) is 0 Å². The summed E-state index contributed by atoms with van der Waals surface area (Å²) >= 11 is 1.53. The van der Waals surface area contributed by atoms with Crippen LogP contribution in [0.1, 0.15) is 31.7 Å². The molecule has 0 aromatic carbocycles. The van der Waals surface area contributed by atoms with Gasteiger partial charge in [-0.05, 0) is 32.2 Å². The fraction of sp³-hybridized carbons (Fsp3) is 0.800. The molecule has 2 heterocycles. The number of nitrogen functional groups attached to an aromatic ring is 1. The number of aromatic nitrogens is 2. The molecule has 1 fully saturated rings. The zero-order valence-corrected chi connectivity index (χ0v) is 10.6. The number of hydrogen-bond acceptors (Lipinski definition) is 6. The molecule has 0 spiro atoms. The van der Waals surface area contributed by atoms with Crippen LogP contribution in [-0.4, -0.2) is 27.7 Å². The van der Waals surface area contributed by atoms with Crippen molar-refractivity contribution in [3.05, 3.63) is 5.01 Å². The first-order valence-electron chi connectivity index (χ1n) is 5.72. The van der Waals surface area contributed by atoms with Crippen molar-refractivity contribution in [3.63, 3.8) is 0 Å². The minimum absolute atomic E-state index is 0.641. The van der Waals surface area contributed by atoms with Gasteiger partial charge in [0, 0.05) is 6.04 Å². The average molecular weight is 241 g/mol. The van der Waals surface area contributed by atoms with E-state index < -0.39 is 0 Å². The Morgan fingerprint density at radius 2 is 2.31 bits per heavy atom. The maximum atomic E-state index is 5.29. The smallest absolute Gasteiger partial charge is 0.219 e. The number of anilines is 1. The molecule has 1 aliphatic rings. The molecule has 1 aromatic heterocycles. The Morgan fingerprint density at radius 1 is 1.50 bits per heavy atom. The quantitative estimate of drug-likeness (QED) is 0.619. The fourth-order valence-corrected chi connectivity index (χ4v) is 2.92. The Hall–Kier alpha value is -0.720. The van der Waals surface area contributed by atoms with E-state index in [4.69, 9.17) is 5.84 Å². The molecule has 3 N–H and O–H groups in total. The van der Waals surface area contributed by atoms with Crippen molar-refractivity contribution < 1.29 is 0 Å². The van der Waals surface area contributed by atoms with Crippen LogP contribution >= 0.6 is 11.3 Å². The summed E-state index contributed by atoms with van der Waals surface area (Å²) in [5.41, 5.74) is 2.53. The zero-order valence-electron chi connectivity index (χ0n) is 9.81. The highest BCUT2D eigenvalue weighted by atomic mass is 32.1. The lowest BCUT2D eigenvalue weighted by atomic mass is 9.93. The monoisotopic (exact) mass is 241 g/mol. The molecule has 2 unspecified atom stereocenters. The molecule has 0 aliphatic carbocycles. The standard InChI is InChI=1S/C10H19N5S/c1-7-3-4-15(8(2)5-7)6-9-13-14-10(12-11)16-9/h7-8H,3-6,11H2,1-2H3,(H,12,14). The lowest BCUT2D eigenvalue weighted by Gasteiger charge is -2.35. The van der Waals surface area contributed by atoms with E-state index >= 15 is 0 Å². The number of nitrogens with one attached hydrogen (secondary N) is 1. The molecule has 2 atom stereocenters. The van der Waals surface area contributed by atoms with E-state index in [0.717, 1.165) is 24.0 Å². The first-order valence-corrected chi connectivity index (χ1v) is 6.53. The van der Waals surface area contributed by atoms with Crippen LogP contribution in [0, 0.1) is 5.92 Å². The second-order valence-electron chi connectivity index (χ2n) is 4.59. The minimum atomic E-state index is 0.641. The predicted octanol–water partition coefficient (Wildman–Crippen LogP) is 1.44. The predicted molar refractivity (Wildman–Crippen MR) is 66.0 cm³/mol. The van der Waals surface area contributed by atoms with Gasteiger partial charge in [0.1, 0.15) is 5.01 Å². The summed E-state index contributed by atoms with van der Waals surface area (Å²) in [6, 6.07) is 0.641. The summed E-state index contributed by atoms with van der Waals surface area (Å²) in [5, 5.41) is 9.79. The number of hydrazine groups is 1. The number of nitrogens with zero attached hydrogens (tertiary/aromatic N) is 3. The minimum Gasteiger partial charge on any atom is -0.298 e. The Morgan fingerprint density at radius 3 is 2.94 bits per heavy atom. The van der Waals surface area contributed by atoms with E-state index in [2.05, 4.69) is 34.4 Å². The molecule has 1 aromatic rings.